The maximum atomic E-state index is 8.97. The number of hydrogen-bond donors (Lipinski definition) is 0. The molecule has 0 amide bonds. The fourth-order valence-electron chi connectivity index (χ4n) is 1.77. The van der Waals surface area contributed by atoms with E-state index in [1.54, 1.807) is 0 Å². The largest absolute Gasteiger partial charge is 0.192 e. The smallest absolute Gasteiger partial charge is 0.0994 e. The summed E-state index contributed by atoms with van der Waals surface area (Å²) >= 11 is 0. The normalized spacial score (nSPS) is 9.69. The minimum atomic E-state index is 0.790. The molecule has 0 aromatic heterocycles. The summed E-state index contributed by atoms with van der Waals surface area (Å²) in [5.41, 5.74) is 3.24. The van der Waals surface area contributed by atoms with E-state index >= 15 is 0 Å². The van der Waals surface area contributed by atoms with Gasteiger partial charge < -0.3 is 0 Å². The van der Waals surface area contributed by atoms with Crippen LogP contribution in [0, 0.1) is 11.3 Å². The summed E-state index contributed by atoms with van der Waals surface area (Å²) in [7, 11) is 0. The van der Waals surface area contributed by atoms with Gasteiger partial charge in [0.15, 0.2) is 0 Å². The molecule has 16 heavy (non-hydrogen) atoms. The van der Waals surface area contributed by atoms with Gasteiger partial charge in [-0.15, -0.1) is 0 Å². The molecule has 0 aliphatic carbocycles. The SMILES string of the molecule is N#Cc1ccccc1CCc1ccccc1. The third-order valence-electron chi connectivity index (χ3n) is 2.66. The Morgan fingerprint density at radius 3 is 2.25 bits per heavy atom. The lowest BCUT2D eigenvalue weighted by Gasteiger charge is -2.03. The summed E-state index contributed by atoms with van der Waals surface area (Å²) in [6, 6.07) is 20.4. The molecule has 0 unspecified atom stereocenters. The van der Waals surface area contributed by atoms with Crippen molar-refractivity contribution in [3.8, 4) is 6.07 Å². The molecule has 2 rings (SSSR count). The molecule has 0 bridgehead atoms. The fourth-order valence-corrected chi connectivity index (χ4v) is 1.77. The molecular formula is C15H13N. The average molecular weight is 207 g/mol. The number of hydrogen-bond acceptors (Lipinski definition) is 1. The van der Waals surface area contributed by atoms with E-state index in [1.165, 1.54) is 5.56 Å². The number of nitriles is 1. The molecule has 0 spiro atoms. The molecule has 0 heterocycles. The van der Waals surface area contributed by atoms with Gasteiger partial charge in [-0.2, -0.15) is 5.26 Å². The summed E-state index contributed by atoms with van der Waals surface area (Å²) in [5.74, 6) is 0. The third kappa shape index (κ3) is 2.49. The topological polar surface area (TPSA) is 23.8 Å². The molecule has 0 aliphatic rings. The van der Waals surface area contributed by atoms with Gasteiger partial charge in [0.2, 0.25) is 0 Å². The van der Waals surface area contributed by atoms with Gasteiger partial charge in [0.05, 0.1) is 11.6 Å². The number of benzene rings is 2. The minimum Gasteiger partial charge on any atom is -0.192 e. The highest BCUT2D eigenvalue weighted by molar-refractivity contribution is 5.37. The maximum Gasteiger partial charge on any atom is 0.0994 e. The highest BCUT2D eigenvalue weighted by Gasteiger charge is 2.00. The molecule has 0 radical (unpaired) electrons. The van der Waals surface area contributed by atoms with E-state index in [1.807, 2.05) is 42.5 Å². The Morgan fingerprint density at radius 1 is 0.812 bits per heavy atom. The standard InChI is InChI=1S/C15H13N/c16-12-15-9-5-4-8-14(15)11-10-13-6-2-1-3-7-13/h1-9H,10-11H2. The van der Waals surface area contributed by atoms with Gasteiger partial charge in [0.1, 0.15) is 0 Å². The fraction of sp³-hybridized carbons (Fsp3) is 0.133. The van der Waals surface area contributed by atoms with Crippen LogP contribution in [0.2, 0.25) is 0 Å². The van der Waals surface area contributed by atoms with Crippen molar-refractivity contribution in [3.63, 3.8) is 0 Å². The van der Waals surface area contributed by atoms with Crippen LogP contribution < -0.4 is 0 Å². The zero-order valence-electron chi connectivity index (χ0n) is 9.06. The minimum absolute atomic E-state index is 0.790. The summed E-state index contributed by atoms with van der Waals surface area (Å²) in [4.78, 5) is 0. The van der Waals surface area contributed by atoms with Crippen molar-refractivity contribution in [1.29, 1.82) is 5.26 Å². The van der Waals surface area contributed by atoms with Crippen LogP contribution in [0.3, 0.4) is 0 Å². The van der Waals surface area contributed by atoms with Crippen LogP contribution in [0.1, 0.15) is 16.7 Å². The first-order chi connectivity index (χ1) is 7.90. The molecule has 0 saturated heterocycles. The summed E-state index contributed by atoms with van der Waals surface area (Å²) in [6.45, 7) is 0. The van der Waals surface area contributed by atoms with E-state index in [4.69, 9.17) is 5.26 Å². The van der Waals surface area contributed by atoms with Crippen molar-refractivity contribution in [2.75, 3.05) is 0 Å². The molecule has 78 valence electrons. The summed E-state index contributed by atoms with van der Waals surface area (Å²) < 4.78 is 0. The Morgan fingerprint density at radius 2 is 1.50 bits per heavy atom. The molecule has 2 aromatic carbocycles. The van der Waals surface area contributed by atoms with Crippen molar-refractivity contribution < 1.29 is 0 Å². The zero-order chi connectivity index (χ0) is 11.2. The first-order valence-corrected chi connectivity index (χ1v) is 5.42. The van der Waals surface area contributed by atoms with E-state index in [0.717, 1.165) is 24.0 Å². The predicted molar refractivity (Wildman–Crippen MR) is 65.0 cm³/mol. The Hall–Kier alpha value is -2.07. The lowest BCUT2D eigenvalue weighted by Crippen LogP contribution is -1.94. The lowest BCUT2D eigenvalue weighted by molar-refractivity contribution is 0.956. The Labute approximate surface area is 96.0 Å². The lowest BCUT2D eigenvalue weighted by atomic mass is 10.0. The van der Waals surface area contributed by atoms with Crippen molar-refractivity contribution in [3.05, 3.63) is 71.3 Å². The Balaban J connectivity index is 2.09. The predicted octanol–water partition coefficient (Wildman–Crippen LogP) is 3.34. The maximum absolute atomic E-state index is 8.97. The summed E-state index contributed by atoms with van der Waals surface area (Å²) in [5, 5.41) is 8.97. The second-order valence-electron chi connectivity index (χ2n) is 3.75. The van der Waals surface area contributed by atoms with E-state index in [9.17, 15) is 0 Å². The Kier molecular flexibility index (Phi) is 3.35. The first-order valence-electron chi connectivity index (χ1n) is 5.42. The molecule has 0 aliphatic heterocycles. The highest BCUT2D eigenvalue weighted by atomic mass is 14.2. The van der Waals surface area contributed by atoms with Crippen LogP contribution in [0.4, 0.5) is 0 Å². The quantitative estimate of drug-likeness (QED) is 0.757. The molecule has 1 nitrogen and oxygen atoms in total. The van der Waals surface area contributed by atoms with Crippen molar-refractivity contribution >= 4 is 0 Å². The third-order valence-corrected chi connectivity index (χ3v) is 2.66. The molecule has 0 atom stereocenters. The average Bonchev–Trinajstić information content (AvgIpc) is 2.38. The number of aryl methyl sites for hydroxylation is 2. The zero-order valence-corrected chi connectivity index (χ0v) is 9.06. The molecular weight excluding hydrogens is 194 g/mol. The number of nitrogens with zero attached hydrogens (tertiary/aromatic N) is 1. The van der Waals surface area contributed by atoms with Crippen LogP contribution in [0.5, 0.6) is 0 Å². The van der Waals surface area contributed by atoms with E-state index < -0.39 is 0 Å². The van der Waals surface area contributed by atoms with Crippen LogP contribution in [0.25, 0.3) is 0 Å². The highest BCUT2D eigenvalue weighted by Crippen LogP contribution is 2.11. The molecule has 0 N–H and O–H groups in total. The van der Waals surface area contributed by atoms with Crippen LogP contribution in [-0.2, 0) is 12.8 Å². The van der Waals surface area contributed by atoms with Crippen LogP contribution in [0.15, 0.2) is 54.6 Å². The van der Waals surface area contributed by atoms with Crippen LogP contribution >= 0.6 is 0 Å². The van der Waals surface area contributed by atoms with Crippen LogP contribution in [-0.4, -0.2) is 0 Å². The van der Waals surface area contributed by atoms with Gasteiger partial charge in [0, 0.05) is 0 Å². The second-order valence-corrected chi connectivity index (χ2v) is 3.75. The molecule has 0 saturated carbocycles. The monoisotopic (exact) mass is 207 g/mol. The molecule has 2 aromatic rings. The molecule has 1 heteroatoms. The van der Waals surface area contributed by atoms with E-state index in [2.05, 4.69) is 18.2 Å². The summed E-state index contributed by atoms with van der Waals surface area (Å²) in [6.07, 6.45) is 1.91. The first kappa shape index (κ1) is 10.4. The molecule has 0 fully saturated rings. The Bertz CT molecular complexity index is 494. The van der Waals surface area contributed by atoms with Gasteiger partial charge in [-0.1, -0.05) is 48.5 Å². The van der Waals surface area contributed by atoms with Gasteiger partial charge in [0.25, 0.3) is 0 Å². The van der Waals surface area contributed by atoms with Crippen molar-refractivity contribution in [2.45, 2.75) is 12.8 Å². The van der Waals surface area contributed by atoms with Gasteiger partial charge in [-0.3, -0.25) is 0 Å². The van der Waals surface area contributed by atoms with Gasteiger partial charge >= 0.3 is 0 Å². The second kappa shape index (κ2) is 5.14. The number of rotatable bonds is 3. The van der Waals surface area contributed by atoms with Gasteiger partial charge in [-0.05, 0) is 30.0 Å². The van der Waals surface area contributed by atoms with Crippen molar-refractivity contribution in [2.24, 2.45) is 0 Å². The van der Waals surface area contributed by atoms with E-state index in [0.29, 0.717) is 0 Å². The van der Waals surface area contributed by atoms with E-state index in [-0.39, 0.29) is 0 Å². The van der Waals surface area contributed by atoms with Gasteiger partial charge in [-0.25, -0.2) is 0 Å². The van der Waals surface area contributed by atoms with Crippen molar-refractivity contribution in [1.82, 2.24) is 0 Å².